The van der Waals surface area contributed by atoms with Crippen molar-refractivity contribution in [1.29, 1.82) is 0 Å². The van der Waals surface area contributed by atoms with Gasteiger partial charge in [0.25, 0.3) is 0 Å². The molecule has 1 aliphatic rings. The number of hydrogen-bond acceptors (Lipinski definition) is 4. The molecule has 0 aliphatic heterocycles. The molecule has 3 nitrogen and oxygen atoms in total. The maximum atomic E-state index is 13.4. The molecule has 5 heteroatoms. The molecule has 0 amide bonds. The topological polar surface area (TPSA) is 43.4 Å². The summed E-state index contributed by atoms with van der Waals surface area (Å²) in [6.45, 7) is 24.8. The fourth-order valence-electron chi connectivity index (χ4n) is 4.48. The van der Waals surface area contributed by atoms with Crippen molar-refractivity contribution in [2.24, 2.45) is 23.2 Å². The maximum absolute atomic E-state index is 13.4. The zero-order valence-electron chi connectivity index (χ0n) is 23.5. The zero-order valence-corrected chi connectivity index (χ0v) is 25.3. The van der Waals surface area contributed by atoms with E-state index in [4.69, 9.17) is 4.43 Å². The predicted octanol–water partition coefficient (Wildman–Crippen LogP) is 8.44. The lowest BCUT2D eigenvalue weighted by atomic mass is 9.69. The van der Waals surface area contributed by atoms with Crippen LogP contribution in [-0.2, 0) is 14.0 Å². The summed E-state index contributed by atoms with van der Waals surface area (Å²) < 4.78 is 6.17. The molecule has 1 aliphatic carbocycles. The van der Waals surface area contributed by atoms with Crippen LogP contribution in [0, 0.1) is 23.2 Å². The standard InChI is InChI=1S/C28H52O3SSi/c1-21(2)15-14-16-22(25(30)32-26(3,4)5)23-17-18-24(29)28(23,9)19-12-13-20-31-33(10,11)27(6,7)8/h12-13,21-23H,14-20H2,1-11H3/b13-12-/t22-,23-,28-/m1/s1. The van der Waals surface area contributed by atoms with Crippen molar-refractivity contribution in [1.82, 2.24) is 0 Å². The first-order valence-corrected chi connectivity index (χ1v) is 16.7. The minimum atomic E-state index is -1.78. The molecule has 0 unspecified atom stereocenters. The average Bonchev–Trinajstić information content (AvgIpc) is 2.91. The van der Waals surface area contributed by atoms with Crippen molar-refractivity contribution in [3.8, 4) is 0 Å². The molecule has 1 fully saturated rings. The first-order chi connectivity index (χ1) is 14.9. The first kappa shape index (κ1) is 30.6. The van der Waals surface area contributed by atoms with Gasteiger partial charge in [0.1, 0.15) is 5.78 Å². The van der Waals surface area contributed by atoms with E-state index in [2.05, 4.69) is 87.6 Å². The van der Waals surface area contributed by atoms with Crippen LogP contribution in [0.15, 0.2) is 12.2 Å². The van der Waals surface area contributed by atoms with E-state index in [1.807, 2.05) is 0 Å². The summed E-state index contributed by atoms with van der Waals surface area (Å²) in [5.74, 6) is 1.05. The van der Waals surface area contributed by atoms with Crippen LogP contribution in [0.4, 0.5) is 0 Å². The monoisotopic (exact) mass is 496 g/mol. The van der Waals surface area contributed by atoms with Gasteiger partial charge in [-0.25, -0.2) is 0 Å². The van der Waals surface area contributed by atoms with E-state index in [0.29, 0.717) is 31.1 Å². The highest BCUT2D eigenvalue weighted by Gasteiger charge is 2.50. The Morgan fingerprint density at radius 2 is 1.76 bits per heavy atom. The molecule has 0 N–H and O–H groups in total. The quantitative estimate of drug-likeness (QED) is 0.212. The highest BCUT2D eigenvalue weighted by Crippen LogP contribution is 2.50. The van der Waals surface area contributed by atoms with Gasteiger partial charge in [-0.2, -0.15) is 0 Å². The first-order valence-electron chi connectivity index (χ1n) is 13.0. The maximum Gasteiger partial charge on any atom is 0.192 e. The Kier molecular flexibility index (Phi) is 11.2. The van der Waals surface area contributed by atoms with E-state index in [-0.39, 0.29) is 26.7 Å². The van der Waals surface area contributed by atoms with Crippen molar-refractivity contribution >= 4 is 31.0 Å². The van der Waals surface area contributed by atoms with Gasteiger partial charge in [0, 0.05) is 22.5 Å². The summed E-state index contributed by atoms with van der Waals surface area (Å²) in [5, 5.41) is 0.468. The lowest BCUT2D eigenvalue weighted by Gasteiger charge is -2.36. The molecule has 0 heterocycles. The Labute approximate surface area is 210 Å². The Morgan fingerprint density at radius 3 is 2.27 bits per heavy atom. The summed E-state index contributed by atoms with van der Waals surface area (Å²) in [4.78, 5) is 26.5. The molecule has 0 aromatic heterocycles. The number of carbonyl (C=O) groups is 2. The molecule has 0 spiro atoms. The summed E-state index contributed by atoms with van der Waals surface area (Å²) in [7, 11) is -1.78. The van der Waals surface area contributed by atoms with Gasteiger partial charge in [0.15, 0.2) is 13.4 Å². The van der Waals surface area contributed by atoms with Crippen molar-refractivity contribution < 1.29 is 14.0 Å². The second kappa shape index (κ2) is 12.0. The molecule has 0 aromatic rings. The predicted molar refractivity (Wildman–Crippen MR) is 147 cm³/mol. The Balaban J connectivity index is 2.96. The third kappa shape index (κ3) is 9.29. The highest BCUT2D eigenvalue weighted by atomic mass is 32.2. The van der Waals surface area contributed by atoms with Gasteiger partial charge in [-0.1, -0.05) is 99.1 Å². The second-order valence-corrected chi connectivity index (χ2v) is 19.8. The molecule has 0 bridgehead atoms. The van der Waals surface area contributed by atoms with Gasteiger partial charge in [0.2, 0.25) is 0 Å². The van der Waals surface area contributed by atoms with E-state index >= 15 is 0 Å². The number of ketones is 1. The van der Waals surface area contributed by atoms with Gasteiger partial charge in [-0.3, -0.25) is 9.59 Å². The number of allylic oxidation sites excluding steroid dienone is 1. The molecular formula is C28H52O3SSi. The second-order valence-electron chi connectivity index (χ2n) is 13.2. The number of hydrogen-bond donors (Lipinski definition) is 0. The van der Waals surface area contributed by atoms with Crippen LogP contribution < -0.4 is 0 Å². The van der Waals surface area contributed by atoms with Crippen molar-refractivity contribution in [2.45, 2.75) is 124 Å². The summed E-state index contributed by atoms with van der Waals surface area (Å²) in [6, 6.07) is 0. The van der Waals surface area contributed by atoms with E-state index in [9.17, 15) is 9.59 Å². The molecule has 0 radical (unpaired) electrons. The zero-order chi connectivity index (χ0) is 25.7. The van der Waals surface area contributed by atoms with Crippen LogP contribution in [0.5, 0.6) is 0 Å². The molecule has 3 atom stereocenters. The normalized spacial score (nSPS) is 23.6. The minimum Gasteiger partial charge on any atom is -0.413 e. The van der Waals surface area contributed by atoms with E-state index in [1.54, 1.807) is 0 Å². The van der Waals surface area contributed by atoms with Crippen molar-refractivity contribution in [3.63, 3.8) is 0 Å². The third-order valence-electron chi connectivity index (χ3n) is 7.68. The van der Waals surface area contributed by atoms with Crippen LogP contribution in [0.1, 0.15) is 101 Å². The lowest BCUT2D eigenvalue weighted by Crippen LogP contribution is -2.40. The Morgan fingerprint density at radius 1 is 1.15 bits per heavy atom. The lowest BCUT2D eigenvalue weighted by molar-refractivity contribution is -0.128. The average molecular weight is 497 g/mol. The van der Waals surface area contributed by atoms with Gasteiger partial charge in [-0.05, 0) is 49.2 Å². The van der Waals surface area contributed by atoms with E-state index in [1.165, 1.54) is 11.8 Å². The minimum absolute atomic E-state index is 0.0405. The van der Waals surface area contributed by atoms with Gasteiger partial charge in [-0.15, -0.1) is 0 Å². The van der Waals surface area contributed by atoms with Crippen LogP contribution in [0.3, 0.4) is 0 Å². The van der Waals surface area contributed by atoms with Crippen LogP contribution in [0.2, 0.25) is 18.1 Å². The number of Topliss-reactive ketones (excluding diaryl/α,β-unsaturated/α-hetero) is 1. The van der Waals surface area contributed by atoms with Gasteiger partial charge < -0.3 is 4.43 Å². The van der Waals surface area contributed by atoms with Gasteiger partial charge in [0.05, 0.1) is 6.61 Å². The summed E-state index contributed by atoms with van der Waals surface area (Å²) in [6.07, 6.45) is 9.44. The number of carbonyl (C=O) groups excluding carboxylic acids is 2. The third-order valence-corrected chi connectivity index (χ3v) is 13.3. The van der Waals surface area contributed by atoms with Crippen LogP contribution in [0.25, 0.3) is 0 Å². The van der Waals surface area contributed by atoms with Crippen LogP contribution >= 0.6 is 11.8 Å². The molecule has 1 rings (SSSR count). The van der Waals surface area contributed by atoms with E-state index in [0.717, 1.165) is 25.7 Å². The van der Waals surface area contributed by atoms with Gasteiger partial charge >= 0.3 is 0 Å². The summed E-state index contributed by atoms with van der Waals surface area (Å²) >= 11 is 1.47. The fraction of sp³-hybridized carbons (Fsp3) is 0.857. The van der Waals surface area contributed by atoms with Crippen LogP contribution in [-0.4, -0.2) is 30.6 Å². The fourth-order valence-corrected chi connectivity index (χ4v) is 6.47. The van der Waals surface area contributed by atoms with E-state index < -0.39 is 13.7 Å². The van der Waals surface area contributed by atoms with Crippen molar-refractivity contribution in [3.05, 3.63) is 12.2 Å². The molecular weight excluding hydrogens is 444 g/mol. The molecule has 0 saturated heterocycles. The number of thioether (sulfide) groups is 1. The largest absolute Gasteiger partial charge is 0.413 e. The Bertz CT molecular complexity index is 684. The molecule has 192 valence electrons. The number of rotatable bonds is 11. The molecule has 1 saturated carbocycles. The smallest absolute Gasteiger partial charge is 0.192 e. The SMILES string of the molecule is CC(C)CCC[C@@H](C(=O)SC(C)(C)C)[C@H]1CCC(=O)[C@]1(C)C/C=C\CO[Si](C)(C)C(C)(C)C. The Hall–Kier alpha value is -0.393. The molecule has 33 heavy (non-hydrogen) atoms. The highest BCUT2D eigenvalue weighted by molar-refractivity contribution is 8.14. The summed E-state index contributed by atoms with van der Waals surface area (Å²) in [5.41, 5.74) is -0.454. The molecule has 0 aromatic carbocycles. The van der Waals surface area contributed by atoms with Crippen molar-refractivity contribution in [2.75, 3.05) is 6.61 Å².